The highest BCUT2D eigenvalue weighted by molar-refractivity contribution is 6.11. The zero-order chi connectivity index (χ0) is 39.5. The van der Waals surface area contributed by atoms with E-state index in [4.69, 9.17) is 24.4 Å². The maximum Gasteiger partial charge on any atom is 0.412 e. The minimum Gasteiger partial charge on any atom is -0.496 e. The van der Waals surface area contributed by atoms with Gasteiger partial charge in [-0.3, -0.25) is 20.3 Å². The molecule has 0 aliphatic heterocycles. The second-order valence-corrected chi connectivity index (χ2v) is 13.3. The maximum atomic E-state index is 14.0. The van der Waals surface area contributed by atoms with Gasteiger partial charge in [-0.05, 0) is 88.3 Å². The molecule has 0 radical (unpaired) electrons. The minimum atomic E-state index is -1.21. The van der Waals surface area contributed by atoms with Crippen molar-refractivity contribution in [3.05, 3.63) is 83.2 Å². The zero-order valence-corrected chi connectivity index (χ0v) is 31.4. The van der Waals surface area contributed by atoms with Crippen molar-refractivity contribution >= 4 is 41.5 Å². The number of aliphatic hydroxyl groups excluding tert-OH is 1. The third-order valence-corrected chi connectivity index (χ3v) is 8.30. The summed E-state index contributed by atoms with van der Waals surface area (Å²) in [6, 6.07) is 12.3. The minimum absolute atomic E-state index is 0.0372. The van der Waals surface area contributed by atoms with Gasteiger partial charge in [0.15, 0.2) is 12.0 Å². The van der Waals surface area contributed by atoms with Crippen molar-refractivity contribution in [2.75, 3.05) is 46.2 Å². The van der Waals surface area contributed by atoms with E-state index in [1.54, 1.807) is 50.2 Å². The van der Waals surface area contributed by atoms with E-state index in [0.29, 0.717) is 41.6 Å². The van der Waals surface area contributed by atoms with E-state index in [0.717, 1.165) is 12.8 Å². The molecule has 15 heteroatoms. The fraction of sp³-hybridized carbons (Fsp3) is 0.385. The monoisotopic (exact) mass is 744 g/mol. The second kappa shape index (κ2) is 18.9. The van der Waals surface area contributed by atoms with Gasteiger partial charge in [0.25, 0.3) is 11.8 Å². The Hall–Kier alpha value is -5.64. The van der Waals surface area contributed by atoms with E-state index in [1.807, 2.05) is 19.0 Å². The lowest BCUT2D eigenvalue weighted by Crippen LogP contribution is -2.32. The molecule has 5 N–H and O–H groups in total. The van der Waals surface area contributed by atoms with Gasteiger partial charge in [-0.25, -0.2) is 14.6 Å². The van der Waals surface area contributed by atoms with Crippen LogP contribution in [0.4, 0.5) is 10.5 Å². The number of nitrogens with one attached hydrogen (secondary N) is 4. The summed E-state index contributed by atoms with van der Waals surface area (Å²) < 4.78 is 21.6. The number of likely N-dealkylation sites (N-methyl/N-ethyl adjacent to an activating group) is 1. The van der Waals surface area contributed by atoms with Gasteiger partial charge in [0.1, 0.15) is 23.9 Å². The van der Waals surface area contributed by atoms with Gasteiger partial charge in [-0.1, -0.05) is 26.5 Å². The highest BCUT2D eigenvalue weighted by Gasteiger charge is 2.28. The van der Waals surface area contributed by atoms with Crippen molar-refractivity contribution in [2.45, 2.75) is 46.2 Å². The number of hydrogen-bond acceptors (Lipinski definition) is 12. The molecule has 3 aromatic rings. The van der Waals surface area contributed by atoms with Crippen molar-refractivity contribution in [1.82, 2.24) is 20.5 Å². The molecule has 1 fully saturated rings. The Morgan fingerprint density at radius 1 is 1.04 bits per heavy atom. The quantitative estimate of drug-likeness (QED) is 0.0545. The average Bonchev–Trinajstić information content (AvgIpc) is 3.97. The zero-order valence-electron chi connectivity index (χ0n) is 31.4. The molecule has 1 aliphatic rings. The average molecular weight is 745 g/mol. The van der Waals surface area contributed by atoms with Crippen molar-refractivity contribution < 1.29 is 43.2 Å². The smallest absolute Gasteiger partial charge is 0.412 e. The first-order chi connectivity index (χ1) is 25.7. The fourth-order valence-electron chi connectivity index (χ4n) is 4.99. The summed E-state index contributed by atoms with van der Waals surface area (Å²) in [6.45, 7) is 9.92. The molecule has 2 unspecified atom stereocenters. The van der Waals surface area contributed by atoms with Crippen molar-refractivity contribution in [3.8, 4) is 16.9 Å². The molecule has 2 aromatic carbocycles. The number of esters is 1. The van der Waals surface area contributed by atoms with Crippen LogP contribution in [0.25, 0.3) is 17.2 Å². The van der Waals surface area contributed by atoms with Crippen molar-refractivity contribution in [3.63, 3.8) is 0 Å². The molecule has 2 atom stereocenters. The summed E-state index contributed by atoms with van der Waals surface area (Å²) in [6.07, 6.45) is 0.400. The van der Waals surface area contributed by atoms with E-state index in [9.17, 15) is 24.3 Å². The van der Waals surface area contributed by atoms with Gasteiger partial charge in [0, 0.05) is 52.5 Å². The SMILES string of the molecule is C=Cc1cc(C(=O)Nc2ccc(C(=N)NC(=O)OCCN(C)C)cc2)c(-c2ccc(C(=O)NCC3CC3)nc2C(=O)OC(C)OC(O)C(C)C)cc1OC. The lowest BCUT2D eigenvalue weighted by molar-refractivity contribution is -0.215. The first kappa shape index (κ1) is 41.1. The van der Waals surface area contributed by atoms with Crippen LogP contribution in [-0.4, -0.2) is 98.2 Å². The van der Waals surface area contributed by atoms with E-state index < -0.39 is 36.5 Å². The van der Waals surface area contributed by atoms with Gasteiger partial charge < -0.3 is 39.6 Å². The van der Waals surface area contributed by atoms with Gasteiger partial charge in [-0.2, -0.15) is 0 Å². The number of ether oxygens (including phenoxy) is 4. The highest BCUT2D eigenvalue weighted by Crippen LogP contribution is 2.35. The number of nitrogens with zero attached hydrogens (tertiary/aromatic N) is 2. The van der Waals surface area contributed by atoms with Gasteiger partial charge >= 0.3 is 12.1 Å². The van der Waals surface area contributed by atoms with Gasteiger partial charge in [-0.15, -0.1) is 0 Å². The topological polar surface area (TPSA) is 201 Å². The van der Waals surface area contributed by atoms with Crippen LogP contribution in [-0.2, 0) is 14.2 Å². The first-order valence-electron chi connectivity index (χ1n) is 17.5. The third kappa shape index (κ3) is 11.4. The number of amidine groups is 1. The van der Waals surface area contributed by atoms with Gasteiger partial charge in [0.2, 0.25) is 6.29 Å². The Balaban J connectivity index is 1.66. The molecule has 1 aromatic heterocycles. The number of pyridine rings is 1. The number of anilines is 1. The lowest BCUT2D eigenvalue weighted by Gasteiger charge is -2.21. The molecule has 15 nitrogen and oxygen atoms in total. The molecule has 54 heavy (non-hydrogen) atoms. The van der Waals surface area contributed by atoms with Crippen LogP contribution in [0.3, 0.4) is 0 Å². The number of hydrogen-bond donors (Lipinski definition) is 5. The molecule has 0 spiro atoms. The van der Waals surface area contributed by atoms with Crippen molar-refractivity contribution in [2.24, 2.45) is 11.8 Å². The van der Waals surface area contributed by atoms with Crippen molar-refractivity contribution in [1.29, 1.82) is 5.41 Å². The summed E-state index contributed by atoms with van der Waals surface area (Å²) in [5.41, 5.74) is 1.38. The molecule has 4 rings (SSSR count). The largest absolute Gasteiger partial charge is 0.496 e. The number of alkyl carbamates (subject to hydrolysis) is 1. The predicted octanol–water partition coefficient (Wildman–Crippen LogP) is 4.90. The molecular formula is C39H48N6O9. The van der Waals surface area contributed by atoms with E-state index in [-0.39, 0.29) is 46.4 Å². The Morgan fingerprint density at radius 3 is 2.35 bits per heavy atom. The van der Waals surface area contributed by atoms with Crippen LogP contribution in [0.2, 0.25) is 0 Å². The molecule has 0 saturated heterocycles. The van der Waals surface area contributed by atoms with Crippen LogP contribution < -0.4 is 20.7 Å². The third-order valence-electron chi connectivity index (χ3n) is 8.30. The number of amides is 3. The lowest BCUT2D eigenvalue weighted by atomic mass is 9.94. The number of rotatable bonds is 17. The molecule has 1 saturated carbocycles. The number of aliphatic hydroxyl groups is 1. The first-order valence-corrected chi connectivity index (χ1v) is 17.5. The predicted molar refractivity (Wildman–Crippen MR) is 202 cm³/mol. The second-order valence-electron chi connectivity index (χ2n) is 13.3. The van der Waals surface area contributed by atoms with Gasteiger partial charge in [0.05, 0.1) is 7.11 Å². The summed E-state index contributed by atoms with van der Waals surface area (Å²) in [7, 11) is 5.14. The summed E-state index contributed by atoms with van der Waals surface area (Å²) in [5, 5.41) is 26.5. The number of methoxy groups -OCH3 is 1. The molecule has 288 valence electrons. The Morgan fingerprint density at radius 2 is 1.74 bits per heavy atom. The Kier molecular flexibility index (Phi) is 14.4. The van der Waals surface area contributed by atoms with Crippen LogP contribution in [0, 0.1) is 17.2 Å². The number of aromatic nitrogens is 1. The standard InChI is InChI=1S/C39H48N6O9/c1-8-25-19-30(35(46)42-27-13-11-26(12-14-27)34(40)44-39(50)52-18-17-45(5)6)29(20-32(25)51-7)28-15-16-31(36(47)41-21-24-9-10-24)43-33(28)38(49)54-23(4)53-37(48)22(2)3/h8,11-16,19-20,22-24,37,48H,1,9-10,17-18,21H2,2-7H3,(H,41,47)(H,42,46)(H2,40,44,50). The summed E-state index contributed by atoms with van der Waals surface area (Å²) >= 11 is 0. The highest BCUT2D eigenvalue weighted by atomic mass is 16.7. The van der Waals surface area contributed by atoms with E-state index in [2.05, 4.69) is 27.5 Å². The van der Waals surface area contributed by atoms with Crippen LogP contribution in [0.1, 0.15) is 76.1 Å². The molecular weight excluding hydrogens is 696 g/mol. The van der Waals surface area contributed by atoms with Crippen LogP contribution >= 0.6 is 0 Å². The molecule has 3 amide bonds. The number of benzene rings is 2. The normalized spacial score (nSPS) is 13.4. The number of carbonyl (C=O) groups is 4. The summed E-state index contributed by atoms with van der Waals surface area (Å²) in [5.74, 6) is -1.74. The summed E-state index contributed by atoms with van der Waals surface area (Å²) in [4.78, 5) is 59.2. The Bertz CT molecular complexity index is 1860. The Labute approximate surface area is 314 Å². The molecule has 1 heterocycles. The molecule has 1 aliphatic carbocycles. The maximum absolute atomic E-state index is 14.0. The van der Waals surface area contributed by atoms with Crippen LogP contribution in [0.15, 0.2) is 55.1 Å². The fourth-order valence-corrected chi connectivity index (χ4v) is 4.99. The van der Waals surface area contributed by atoms with E-state index >= 15 is 0 Å². The van der Waals surface area contributed by atoms with Crippen LogP contribution in [0.5, 0.6) is 5.75 Å². The number of carbonyl (C=O) groups excluding carboxylic acids is 4. The van der Waals surface area contributed by atoms with E-state index in [1.165, 1.54) is 32.2 Å². The molecule has 0 bridgehead atoms.